The van der Waals surface area contributed by atoms with Gasteiger partial charge in [-0.25, -0.2) is 4.98 Å². The number of rotatable bonds is 7. The van der Waals surface area contributed by atoms with E-state index in [1.165, 1.54) is 68.4 Å². The van der Waals surface area contributed by atoms with E-state index in [0.717, 1.165) is 59.0 Å². The van der Waals surface area contributed by atoms with Gasteiger partial charge >= 0.3 is 0 Å². The number of aromatic nitrogens is 5. The first-order valence-corrected chi connectivity index (χ1v) is 14.0. The second kappa shape index (κ2) is 11.0. The van der Waals surface area contributed by atoms with Crippen molar-refractivity contribution in [2.75, 3.05) is 26.2 Å². The van der Waals surface area contributed by atoms with E-state index in [9.17, 15) is 0 Å². The number of piperidine rings is 2. The molecule has 0 radical (unpaired) electrons. The average Bonchev–Trinajstić information content (AvgIpc) is 3.55. The molecule has 2 aliphatic rings. The minimum atomic E-state index is 0.838. The maximum atomic E-state index is 5.07. The molecule has 0 atom stereocenters. The molecule has 6 rings (SSSR count). The summed E-state index contributed by atoms with van der Waals surface area (Å²) in [4.78, 5) is 18.2. The molecule has 7 heteroatoms. The SMILES string of the molecule is C=C/C=C(\c1cc(-c2n[nH]c3ccc(-c4cncc(CN5CCCCC5)c4)nc23)[nH]c1C)N1CCCCC1. The predicted octanol–water partition coefficient (Wildman–Crippen LogP) is 6.32. The highest BCUT2D eigenvalue weighted by Gasteiger charge is 2.21. The summed E-state index contributed by atoms with van der Waals surface area (Å²) in [6.07, 6.45) is 15.6. The van der Waals surface area contributed by atoms with E-state index in [1.807, 2.05) is 18.5 Å². The van der Waals surface area contributed by atoms with Crippen molar-refractivity contribution in [1.29, 1.82) is 0 Å². The molecule has 0 aromatic carbocycles. The molecule has 4 aromatic rings. The zero-order chi connectivity index (χ0) is 25.9. The summed E-state index contributed by atoms with van der Waals surface area (Å²) in [5.41, 5.74) is 10.3. The normalized spacial score (nSPS) is 17.3. The molecule has 4 aromatic heterocycles. The fourth-order valence-corrected chi connectivity index (χ4v) is 5.90. The van der Waals surface area contributed by atoms with Gasteiger partial charge < -0.3 is 9.88 Å². The maximum Gasteiger partial charge on any atom is 0.135 e. The van der Waals surface area contributed by atoms with Crippen molar-refractivity contribution in [3.8, 4) is 22.6 Å². The number of aromatic amines is 2. The van der Waals surface area contributed by atoms with Gasteiger partial charge in [0.2, 0.25) is 0 Å². The molecule has 0 aliphatic carbocycles. The standard InChI is InChI=1S/C31H37N7/c1-3-10-29(38-15-8-5-9-16-38)25-18-28(33-22(25)2)31-30-27(35-36-31)12-11-26(34-30)24-17-23(19-32-20-24)21-37-13-6-4-7-14-37/h3,10-12,17-20,33H,1,4-9,13-16,21H2,2H3,(H,35,36)/b29-10+. The second-order valence-corrected chi connectivity index (χ2v) is 10.6. The maximum absolute atomic E-state index is 5.07. The quantitative estimate of drug-likeness (QED) is 0.286. The van der Waals surface area contributed by atoms with E-state index >= 15 is 0 Å². The number of hydrogen-bond donors (Lipinski definition) is 2. The number of aryl methyl sites for hydroxylation is 1. The van der Waals surface area contributed by atoms with Gasteiger partial charge in [-0.05, 0) is 88.0 Å². The van der Waals surface area contributed by atoms with Crippen LogP contribution in [-0.2, 0) is 6.54 Å². The van der Waals surface area contributed by atoms with Crippen LogP contribution in [-0.4, -0.2) is 61.1 Å². The summed E-state index contributed by atoms with van der Waals surface area (Å²) in [6.45, 7) is 11.6. The van der Waals surface area contributed by atoms with E-state index < -0.39 is 0 Å². The van der Waals surface area contributed by atoms with Crippen molar-refractivity contribution < 1.29 is 0 Å². The smallest absolute Gasteiger partial charge is 0.135 e. The van der Waals surface area contributed by atoms with Crippen LogP contribution in [0, 0.1) is 6.92 Å². The van der Waals surface area contributed by atoms with Crippen molar-refractivity contribution in [3.05, 3.63) is 72.2 Å². The zero-order valence-electron chi connectivity index (χ0n) is 22.3. The lowest BCUT2D eigenvalue weighted by molar-refractivity contribution is 0.220. The summed E-state index contributed by atoms with van der Waals surface area (Å²) in [5.74, 6) is 0. The Morgan fingerprint density at radius 3 is 2.58 bits per heavy atom. The van der Waals surface area contributed by atoms with Crippen LogP contribution in [0.3, 0.4) is 0 Å². The molecule has 0 bridgehead atoms. The van der Waals surface area contributed by atoms with Crippen molar-refractivity contribution in [2.24, 2.45) is 0 Å². The van der Waals surface area contributed by atoms with Gasteiger partial charge in [-0.3, -0.25) is 15.0 Å². The van der Waals surface area contributed by atoms with Crippen molar-refractivity contribution in [3.63, 3.8) is 0 Å². The van der Waals surface area contributed by atoms with Crippen molar-refractivity contribution in [1.82, 2.24) is 34.9 Å². The Labute approximate surface area is 224 Å². The molecule has 0 spiro atoms. The highest BCUT2D eigenvalue weighted by Crippen LogP contribution is 2.33. The number of hydrogen-bond acceptors (Lipinski definition) is 5. The van der Waals surface area contributed by atoms with E-state index in [-0.39, 0.29) is 0 Å². The van der Waals surface area contributed by atoms with E-state index in [4.69, 9.17) is 4.98 Å². The number of pyridine rings is 2. The fraction of sp³-hybridized carbons (Fsp3) is 0.387. The van der Waals surface area contributed by atoms with Crippen LogP contribution in [0.1, 0.15) is 55.3 Å². The highest BCUT2D eigenvalue weighted by atomic mass is 15.2. The summed E-state index contributed by atoms with van der Waals surface area (Å²) in [5, 5.41) is 7.85. The molecule has 2 aliphatic heterocycles. The third kappa shape index (κ3) is 5.03. The van der Waals surface area contributed by atoms with Crippen LogP contribution in [0.4, 0.5) is 0 Å². The highest BCUT2D eigenvalue weighted by molar-refractivity contribution is 5.91. The number of nitrogens with zero attached hydrogens (tertiary/aromatic N) is 5. The molecule has 2 N–H and O–H groups in total. The molecule has 38 heavy (non-hydrogen) atoms. The first-order valence-electron chi connectivity index (χ1n) is 14.0. The van der Waals surface area contributed by atoms with Gasteiger partial charge in [0.25, 0.3) is 0 Å². The number of fused-ring (bicyclic) bond motifs is 1. The summed E-state index contributed by atoms with van der Waals surface area (Å²) >= 11 is 0. The largest absolute Gasteiger partial charge is 0.371 e. The number of allylic oxidation sites excluding steroid dienone is 2. The third-order valence-corrected chi connectivity index (χ3v) is 7.87. The summed E-state index contributed by atoms with van der Waals surface area (Å²) in [7, 11) is 0. The summed E-state index contributed by atoms with van der Waals surface area (Å²) in [6, 6.07) is 8.57. The molecule has 7 nitrogen and oxygen atoms in total. The number of nitrogens with one attached hydrogen (secondary N) is 2. The molecule has 0 saturated carbocycles. The van der Waals surface area contributed by atoms with Crippen LogP contribution in [0.15, 0.2) is 55.4 Å². The van der Waals surface area contributed by atoms with Gasteiger partial charge in [0.15, 0.2) is 0 Å². The van der Waals surface area contributed by atoms with Gasteiger partial charge in [-0.1, -0.05) is 19.1 Å². The van der Waals surface area contributed by atoms with Crippen LogP contribution < -0.4 is 0 Å². The second-order valence-electron chi connectivity index (χ2n) is 10.6. The number of H-pyrrole nitrogens is 2. The molecule has 0 amide bonds. The Kier molecular flexibility index (Phi) is 7.10. The molecule has 196 valence electrons. The fourth-order valence-electron chi connectivity index (χ4n) is 5.90. The Hall–Kier alpha value is -3.71. The molecule has 0 unspecified atom stereocenters. The van der Waals surface area contributed by atoms with Crippen molar-refractivity contribution in [2.45, 2.75) is 52.0 Å². The average molecular weight is 508 g/mol. The van der Waals surface area contributed by atoms with Gasteiger partial charge in [0.05, 0.1) is 16.9 Å². The van der Waals surface area contributed by atoms with Crippen LogP contribution in [0.5, 0.6) is 0 Å². The lowest BCUT2D eigenvalue weighted by atomic mass is 10.1. The Morgan fingerprint density at radius 1 is 1.00 bits per heavy atom. The first-order chi connectivity index (χ1) is 18.7. The lowest BCUT2D eigenvalue weighted by Gasteiger charge is -2.31. The molecule has 6 heterocycles. The van der Waals surface area contributed by atoms with Gasteiger partial charge in [-0.15, -0.1) is 0 Å². The molecule has 2 saturated heterocycles. The monoisotopic (exact) mass is 507 g/mol. The Balaban J connectivity index is 1.32. The molecular weight excluding hydrogens is 470 g/mol. The van der Waals surface area contributed by atoms with Crippen LogP contribution >= 0.6 is 0 Å². The van der Waals surface area contributed by atoms with Crippen LogP contribution in [0.2, 0.25) is 0 Å². The van der Waals surface area contributed by atoms with Crippen LogP contribution in [0.25, 0.3) is 39.4 Å². The minimum Gasteiger partial charge on any atom is -0.371 e. The zero-order valence-corrected chi connectivity index (χ0v) is 22.3. The van der Waals surface area contributed by atoms with Gasteiger partial charge in [-0.2, -0.15) is 5.10 Å². The lowest BCUT2D eigenvalue weighted by Crippen LogP contribution is -2.29. The minimum absolute atomic E-state index is 0.838. The first kappa shape index (κ1) is 24.6. The Morgan fingerprint density at radius 2 is 1.79 bits per heavy atom. The summed E-state index contributed by atoms with van der Waals surface area (Å²) < 4.78 is 0. The van der Waals surface area contributed by atoms with E-state index in [1.54, 1.807) is 0 Å². The van der Waals surface area contributed by atoms with E-state index in [0.29, 0.717) is 0 Å². The topological polar surface area (TPSA) is 76.7 Å². The molecule has 2 fully saturated rings. The van der Waals surface area contributed by atoms with Gasteiger partial charge in [0, 0.05) is 54.5 Å². The third-order valence-electron chi connectivity index (χ3n) is 7.87. The number of likely N-dealkylation sites (tertiary alicyclic amines) is 2. The van der Waals surface area contributed by atoms with Gasteiger partial charge in [0.1, 0.15) is 11.2 Å². The van der Waals surface area contributed by atoms with Crippen molar-refractivity contribution >= 4 is 16.7 Å². The predicted molar refractivity (Wildman–Crippen MR) is 154 cm³/mol. The van der Waals surface area contributed by atoms with E-state index in [2.05, 4.69) is 73.8 Å². The molecular formula is C31H37N7. The Bertz CT molecular complexity index is 1450.